The van der Waals surface area contributed by atoms with E-state index in [2.05, 4.69) is 24.2 Å². The minimum absolute atomic E-state index is 0.290. The maximum absolute atomic E-state index is 6.52. The van der Waals surface area contributed by atoms with Gasteiger partial charge < -0.3 is 15.0 Å². The Hall–Kier alpha value is -0.120. The van der Waals surface area contributed by atoms with E-state index >= 15 is 0 Å². The molecule has 1 spiro atoms. The molecular weight excluding hydrogens is 248 g/mol. The van der Waals surface area contributed by atoms with Gasteiger partial charge in [0.1, 0.15) is 0 Å². The van der Waals surface area contributed by atoms with Crippen LogP contribution < -0.4 is 5.32 Å². The number of piperidine rings is 1. The van der Waals surface area contributed by atoms with Crippen LogP contribution in [0.15, 0.2) is 0 Å². The highest BCUT2D eigenvalue weighted by Gasteiger charge is 2.41. The standard InChI is InChI=1S/C17H32N2O/c1-14-12-19(11-7-16(14)18-2)13-15-6-10-17(20-15)8-4-3-5-9-17/h14-16,18H,3-13H2,1-2H3. The molecule has 3 nitrogen and oxygen atoms in total. The lowest BCUT2D eigenvalue weighted by molar-refractivity contribution is -0.0745. The predicted molar refractivity (Wildman–Crippen MR) is 83.0 cm³/mol. The summed E-state index contributed by atoms with van der Waals surface area (Å²) in [7, 11) is 2.10. The highest BCUT2D eigenvalue weighted by atomic mass is 16.5. The van der Waals surface area contributed by atoms with Gasteiger partial charge in [-0.05, 0) is 51.6 Å². The van der Waals surface area contributed by atoms with Gasteiger partial charge in [0, 0.05) is 19.1 Å². The van der Waals surface area contributed by atoms with E-state index in [1.807, 2.05) is 0 Å². The van der Waals surface area contributed by atoms with Crippen molar-refractivity contribution in [3.8, 4) is 0 Å². The second kappa shape index (κ2) is 6.33. The van der Waals surface area contributed by atoms with Crippen LogP contribution in [0.3, 0.4) is 0 Å². The first-order chi connectivity index (χ1) is 9.71. The van der Waals surface area contributed by atoms with Crippen molar-refractivity contribution in [2.45, 2.75) is 76.0 Å². The van der Waals surface area contributed by atoms with Crippen molar-refractivity contribution in [2.24, 2.45) is 5.92 Å². The van der Waals surface area contributed by atoms with Gasteiger partial charge in [0.2, 0.25) is 0 Å². The Morgan fingerprint density at radius 3 is 2.65 bits per heavy atom. The number of nitrogens with zero attached hydrogens (tertiary/aromatic N) is 1. The Balaban J connectivity index is 1.47. The number of hydrogen-bond acceptors (Lipinski definition) is 3. The molecule has 3 atom stereocenters. The van der Waals surface area contributed by atoms with Crippen molar-refractivity contribution in [2.75, 3.05) is 26.7 Å². The summed E-state index contributed by atoms with van der Waals surface area (Å²) < 4.78 is 6.52. The normalized spacial score (nSPS) is 38.4. The summed E-state index contributed by atoms with van der Waals surface area (Å²) in [6.45, 7) is 6.02. The largest absolute Gasteiger partial charge is 0.370 e. The van der Waals surface area contributed by atoms with E-state index in [0.717, 1.165) is 5.92 Å². The zero-order chi connectivity index (χ0) is 14.0. The van der Waals surface area contributed by atoms with Gasteiger partial charge in [-0.15, -0.1) is 0 Å². The molecule has 2 saturated heterocycles. The van der Waals surface area contributed by atoms with Crippen LogP contribution in [-0.4, -0.2) is 49.3 Å². The molecule has 2 heterocycles. The lowest BCUT2D eigenvalue weighted by Crippen LogP contribution is -2.49. The zero-order valence-electron chi connectivity index (χ0n) is 13.4. The van der Waals surface area contributed by atoms with E-state index in [9.17, 15) is 0 Å². The summed E-state index contributed by atoms with van der Waals surface area (Å²) in [5.41, 5.74) is 0.290. The first-order valence-corrected chi connectivity index (χ1v) is 8.78. The lowest BCUT2D eigenvalue weighted by Gasteiger charge is -2.38. The van der Waals surface area contributed by atoms with Crippen molar-refractivity contribution in [3.05, 3.63) is 0 Å². The van der Waals surface area contributed by atoms with Crippen molar-refractivity contribution in [1.82, 2.24) is 10.2 Å². The molecule has 0 amide bonds. The second-order valence-corrected chi connectivity index (χ2v) is 7.44. The van der Waals surface area contributed by atoms with Crippen molar-refractivity contribution in [3.63, 3.8) is 0 Å². The average molecular weight is 280 g/mol. The topological polar surface area (TPSA) is 24.5 Å². The molecule has 1 N–H and O–H groups in total. The molecule has 116 valence electrons. The van der Waals surface area contributed by atoms with Crippen LogP contribution in [0.2, 0.25) is 0 Å². The van der Waals surface area contributed by atoms with E-state index in [1.54, 1.807) is 0 Å². The minimum Gasteiger partial charge on any atom is -0.370 e. The monoisotopic (exact) mass is 280 g/mol. The van der Waals surface area contributed by atoms with Gasteiger partial charge >= 0.3 is 0 Å². The third kappa shape index (κ3) is 3.20. The fraction of sp³-hybridized carbons (Fsp3) is 1.00. The van der Waals surface area contributed by atoms with Crippen molar-refractivity contribution < 1.29 is 4.74 Å². The average Bonchev–Trinajstić information content (AvgIpc) is 2.82. The van der Waals surface area contributed by atoms with Crippen LogP contribution in [0.4, 0.5) is 0 Å². The molecule has 0 radical (unpaired) electrons. The molecule has 20 heavy (non-hydrogen) atoms. The Morgan fingerprint density at radius 1 is 1.15 bits per heavy atom. The molecular formula is C17H32N2O. The lowest BCUT2D eigenvalue weighted by atomic mass is 9.83. The van der Waals surface area contributed by atoms with E-state index in [-0.39, 0.29) is 5.60 Å². The summed E-state index contributed by atoms with van der Waals surface area (Å²) in [5, 5.41) is 3.46. The smallest absolute Gasteiger partial charge is 0.0710 e. The van der Waals surface area contributed by atoms with E-state index in [0.29, 0.717) is 12.1 Å². The maximum atomic E-state index is 6.52. The van der Waals surface area contributed by atoms with Gasteiger partial charge in [0.25, 0.3) is 0 Å². The first-order valence-electron chi connectivity index (χ1n) is 8.78. The highest BCUT2D eigenvalue weighted by Crippen LogP contribution is 2.42. The van der Waals surface area contributed by atoms with Crippen LogP contribution in [-0.2, 0) is 4.74 Å². The van der Waals surface area contributed by atoms with Crippen LogP contribution >= 0.6 is 0 Å². The quantitative estimate of drug-likeness (QED) is 0.860. The number of likely N-dealkylation sites (tertiary alicyclic amines) is 1. The molecule has 3 rings (SSSR count). The molecule has 0 bridgehead atoms. The third-order valence-electron chi connectivity index (χ3n) is 5.93. The molecule has 3 aliphatic rings. The van der Waals surface area contributed by atoms with Gasteiger partial charge in [-0.1, -0.05) is 26.2 Å². The highest BCUT2D eigenvalue weighted by molar-refractivity contribution is 4.93. The number of nitrogens with one attached hydrogen (secondary N) is 1. The summed E-state index contributed by atoms with van der Waals surface area (Å²) in [6, 6.07) is 0.709. The second-order valence-electron chi connectivity index (χ2n) is 7.44. The third-order valence-corrected chi connectivity index (χ3v) is 5.93. The van der Waals surface area contributed by atoms with Crippen molar-refractivity contribution >= 4 is 0 Å². The molecule has 1 saturated carbocycles. The van der Waals surface area contributed by atoms with E-state index in [4.69, 9.17) is 4.74 Å². The Bertz CT molecular complexity index is 314. The molecule has 3 unspecified atom stereocenters. The molecule has 3 heteroatoms. The Kier molecular flexibility index (Phi) is 4.68. The maximum Gasteiger partial charge on any atom is 0.0710 e. The van der Waals surface area contributed by atoms with Gasteiger partial charge in [-0.2, -0.15) is 0 Å². The molecule has 0 aromatic rings. The van der Waals surface area contributed by atoms with Gasteiger partial charge in [-0.3, -0.25) is 0 Å². The van der Waals surface area contributed by atoms with Gasteiger partial charge in [0.05, 0.1) is 11.7 Å². The fourth-order valence-electron chi connectivity index (χ4n) is 4.70. The van der Waals surface area contributed by atoms with Crippen LogP contribution in [0.1, 0.15) is 58.3 Å². The minimum atomic E-state index is 0.290. The van der Waals surface area contributed by atoms with Crippen LogP contribution in [0, 0.1) is 5.92 Å². The first kappa shape index (κ1) is 14.8. The van der Waals surface area contributed by atoms with Crippen LogP contribution in [0.5, 0.6) is 0 Å². The number of ether oxygens (including phenoxy) is 1. The SMILES string of the molecule is CNC1CCN(CC2CCC3(CCCCC3)O2)CC1C. The zero-order valence-corrected chi connectivity index (χ0v) is 13.4. The van der Waals surface area contributed by atoms with Gasteiger partial charge in [0.15, 0.2) is 0 Å². The number of hydrogen-bond donors (Lipinski definition) is 1. The summed E-state index contributed by atoms with van der Waals surface area (Å²) in [4.78, 5) is 2.64. The molecule has 2 aliphatic heterocycles. The van der Waals surface area contributed by atoms with Crippen LogP contribution in [0.25, 0.3) is 0 Å². The molecule has 0 aromatic carbocycles. The number of rotatable bonds is 3. The van der Waals surface area contributed by atoms with E-state index in [1.165, 1.54) is 71.0 Å². The summed E-state index contributed by atoms with van der Waals surface area (Å²) >= 11 is 0. The Labute approximate surface area is 124 Å². The summed E-state index contributed by atoms with van der Waals surface area (Å²) in [6.07, 6.45) is 11.2. The molecule has 0 aromatic heterocycles. The molecule has 3 fully saturated rings. The van der Waals surface area contributed by atoms with Crippen molar-refractivity contribution in [1.29, 1.82) is 0 Å². The van der Waals surface area contributed by atoms with E-state index < -0.39 is 0 Å². The fourth-order valence-corrected chi connectivity index (χ4v) is 4.70. The predicted octanol–water partition coefficient (Wildman–Crippen LogP) is 2.80. The molecule has 1 aliphatic carbocycles. The summed E-state index contributed by atoms with van der Waals surface area (Å²) in [5.74, 6) is 0.763. The Morgan fingerprint density at radius 2 is 1.95 bits per heavy atom. The van der Waals surface area contributed by atoms with Gasteiger partial charge in [-0.25, -0.2) is 0 Å².